The van der Waals surface area contributed by atoms with Crippen molar-refractivity contribution in [2.75, 3.05) is 30.2 Å². The molecule has 0 radical (unpaired) electrons. The number of nitrogens with one attached hydrogen (secondary N) is 3. The van der Waals surface area contributed by atoms with E-state index in [1.807, 2.05) is 62.4 Å². The standard InChI is InChI=1S/C20H24N6O2/c1-13(2)21-18-24-19(22-14-5-9-16(27-3)10-6-14)26-20(25-18)23-15-7-11-17(28-4)12-8-15/h5-13H,1-4H3,(H3,21,22,23,24,25,26). The number of hydrogen-bond donors (Lipinski definition) is 3. The molecule has 0 aliphatic carbocycles. The quantitative estimate of drug-likeness (QED) is 0.535. The summed E-state index contributed by atoms with van der Waals surface area (Å²) in [6.07, 6.45) is 0. The Morgan fingerprint density at radius 1 is 0.643 bits per heavy atom. The molecular weight excluding hydrogens is 356 g/mol. The third-order valence-electron chi connectivity index (χ3n) is 3.75. The van der Waals surface area contributed by atoms with Crippen molar-refractivity contribution in [3.8, 4) is 11.5 Å². The fraction of sp³-hybridized carbons (Fsp3) is 0.250. The Morgan fingerprint density at radius 3 is 1.39 bits per heavy atom. The summed E-state index contributed by atoms with van der Waals surface area (Å²) in [6.45, 7) is 4.05. The van der Waals surface area contributed by atoms with Gasteiger partial charge in [-0.15, -0.1) is 0 Å². The third kappa shape index (κ3) is 5.23. The fourth-order valence-electron chi connectivity index (χ4n) is 2.42. The van der Waals surface area contributed by atoms with Crippen LogP contribution in [0.1, 0.15) is 13.8 Å². The van der Waals surface area contributed by atoms with Crippen LogP contribution in [0.4, 0.5) is 29.2 Å². The highest BCUT2D eigenvalue weighted by Gasteiger charge is 2.09. The summed E-state index contributed by atoms with van der Waals surface area (Å²) >= 11 is 0. The molecule has 0 amide bonds. The minimum absolute atomic E-state index is 0.185. The Kier molecular flexibility index (Phi) is 6.11. The molecule has 0 unspecified atom stereocenters. The summed E-state index contributed by atoms with van der Waals surface area (Å²) in [4.78, 5) is 13.4. The van der Waals surface area contributed by atoms with Gasteiger partial charge in [0.15, 0.2) is 0 Å². The molecule has 0 aliphatic rings. The van der Waals surface area contributed by atoms with Gasteiger partial charge in [0.1, 0.15) is 11.5 Å². The van der Waals surface area contributed by atoms with Crippen LogP contribution in [0.25, 0.3) is 0 Å². The van der Waals surface area contributed by atoms with Gasteiger partial charge in [-0.25, -0.2) is 0 Å². The predicted molar refractivity (Wildman–Crippen MR) is 111 cm³/mol. The molecular formula is C20H24N6O2. The molecule has 8 nitrogen and oxygen atoms in total. The molecule has 1 aromatic heterocycles. The van der Waals surface area contributed by atoms with Gasteiger partial charge in [0, 0.05) is 17.4 Å². The molecule has 2 aromatic carbocycles. The zero-order chi connectivity index (χ0) is 19.9. The van der Waals surface area contributed by atoms with E-state index in [1.54, 1.807) is 14.2 Å². The summed E-state index contributed by atoms with van der Waals surface area (Å²) < 4.78 is 10.4. The van der Waals surface area contributed by atoms with Gasteiger partial charge in [-0.3, -0.25) is 0 Å². The maximum atomic E-state index is 5.19. The van der Waals surface area contributed by atoms with Gasteiger partial charge in [0.2, 0.25) is 17.8 Å². The topological polar surface area (TPSA) is 93.2 Å². The molecule has 3 N–H and O–H groups in total. The zero-order valence-corrected chi connectivity index (χ0v) is 16.4. The van der Waals surface area contributed by atoms with Crippen LogP contribution in [0.2, 0.25) is 0 Å². The summed E-state index contributed by atoms with van der Waals surface area (Å²) in [6, 6.07) is 15.2. The van der Waals surface area contributed by atoms with Crippen LogP contribution in [0.3, 0.4) is 0 Å². The van der Waals surface area contributed by atoms with Crippen molar-refractivity contribution < 1.29 is 9.47 Å². The highest BCUT2D eigenvalue weighted by Crippen LogP contribution is 2.22. The van der Waals surface area contributed by atoms with E-state index in [2.05, 4.69) is 30.9 Å². The molecule has 1 heterocycles. The van der Waals surface area contributed by atoms with Crippen molar-refractivity contribution in [3.63, 3.8) is 0 Å². The SMILES string of the molecule is COc1ccc(Nc2nc(Nc3ccc(OC)cc3)nc(NC(C)C)n2)cc1. The van der Waals surface area contributed by atoms with Gasteiger partial charge in [-0.05, 0) is 62.4 Å². The molecule has 3 aromatic rings. The highest BCUT2D eigenvalue weighted by molar-refractivity contribution is 5.60. The van der Waals surface area contributed by atoms with E-state index in [4.69, 9.17) is 9.47 Å². The van der Waals surface area contributed by atoms with E-state index in [0.29, 0.717) is 17.8 Å². The van der Waals surface area contributed by atoms with Gasteiger partial charge in [0.25, 0.3) is 0 Å². The summed E-state index contributed by atoms with van der Waals surface area (Å²) in [5.74, 6) is 2.91. The lowest BCUT2D eigenvalue weighted by molar-refractivity contribution is 0.415. The Hall–Kier alpha value is -3.55. The van der Waals surface area contributed by atoms with Crippen LogP contribution in [0.5, 0.6) is 11.5 Å². The van der Waals surface area contributed by atoms with E-state index in [0.717, 1.165) is 22.9 Å². The first-order valence-corrected chi connectivity index (χ1v) is 8.90. The first kappa shape index (κ1) is 19.2. The lowest BCUT2D eigenvalue weighted by Gasteiger charge is -2.13. The van der Waals surface area contributed by atoms with E-state index in [9.17, 15) is 0 Å². The van der Waals surface area contributed by atoms with E-state index >= 15 is 0 Å². The Labute approximate surface area is 164 Å². The number of benzene rings is 2. The molecule has 0 aliphatic heterocycles. The summed E-state index contributed by atoms with van der Waals surface area (Å²) in [5.41, 5.74) is 1.69. The smallest absolute Gasteiger partial charge is 0.233 e. The van der Waals surface area contributed by atoms with E-state index in [-0.39, 0.29) is 6.04 Å². The monoisotopic (exact) mass is 380 g/mol. The molecule has 0 fully saturated rings. The fourth-order valence-corrected chi connectivity index (χ4v) is 2.42. The number of rotatable bonds is 8. The predicted octanol–water partition coefficient (Wildman–Crippen LogP) is 4.20. The van der Waals surface area contributed by atoms with Crippen LogP contribution >= 0.6 is 0 Å². The Morgan fingerprint density at radius 2 is 1.04 bits per heavy atom. The van der Waals surface area contributed by atoms with Crippen molar-refractivity contribution in [1.82, 2.24) is 15.0 Å². The maximum Gasteiger partial charge on any atom is 0.233 e. The number of hydrogen-bond acceptors (Lipinski definition) is 8. The van der Waals surface area contributed by atoms with E-state index in [1.165, 1.54) is 0 Å². The number of aromatic nitrogens is 3. The highest BCUT2D eigenvalue weighted by atomic mass is 16.5. The van der Waals surface area contributed by atoms with Crippen molar-refractivity contribution in [2.24, 2.45) is 0 Å². The van der Waals surface area contributed by atoms with Crippen LogP contribution in [-0.2, 0) is 0 Å². The first-order chi connectivity index (χ1) is 13.6. The lowest BCUT2D eigenvalue weighted by Crippen LogP contribution is -2.15. The number of anilines is 5. The number of ether oxygens (including phenoxy) is 2. The number of methoxy groups -OCH3 is 2. The second-order valence-electron chi connectivity index (χ2n) is 6.31. The van der Waals surface area contributed by atoms with Gasteiger partial charge in [0.05, 0.1) is 14.2 Å². The van der Waals surface area contributed by atoms with Gasteiger partial charge in [-0.2, -0.15) is 15.0 Å². The van der Waals surface area contributed by atoms with Crippen molar-refractivity contribution in [2.45, 2.75) is 19.9 Å². The van der Waals surface area contributed by atoms with Crippen molar-refractivity contribution in [1.29, 1.82) is 0 Å². The molecule has 0 saturated heterocycles. The van der Waals surface area contributed by atoms with Gasteiger partial charge < -0.3 is 25.4 Å². The molecule has 0 bridgehead atoms. The van der Waals surface area contributed by atoms with Gasteiger partial charge in [-0.1, -0.05) is 0 Å². The van der Waals surface area contributed by atoms with Crippen LogP contribution < -0.4 is 25.4 Å². The average molecular weight is 380 g/mol. The maximum absolute atomic E-state index is 5.19. The molecule has 3 rings (SSSR count). The van der Waals surface area contributed by atoms with Crippen molar-refractivity contribution >= 4 is 29.2 Å². The second kappa shape index (κ2) is 8.90. The van der Waals surface area contributed by atoms with Crippen molar-refractivity contribution in [3.05, 3.63) is 48.5 Å². The summed E-state index contributed by atoms with van der Waals surface area (Å²) in [5, 5.41) is 9.60. The van der Waals surface area contributed by atoms with E-state index < -0.39 is 0 Å². The largest absolute Gasteiger partial charge is 0.497 e. The number of nitrogens with zero attached hydrogens (tertiary/aromatic N) is 3. The third-order valence-corrected chi connectivity index (χ3v) is 3.75. The minimum atomic E-state index is 0.185. The van der Waals surface area contributed by atoms with Crippen LogP contribution in [0, 0.1) is 0 Å². The minimum Gasteiger partial charge on any atom is -0.497 e. The molecule has 8 heteroatoms. The molecule has 0 spiro atoms. The lowest BCUT2D eigenvalue weighted by atomic mass is 10.3. The molecule has 146 valence electrons. The molecule has 28 heavy (non-hydrogen) atoms. The Bertz CT molecular complexity index is 830. The van der Waals surface area contributed by atoms with Crippen LogP contribution in [0.15, 0.2) is 48.5 Å². The molecule has 0 atom stereocenters. The average Bonchev–Trinajstić information content (AvgIpc) is 2.68. The first-order valence-electron chi connectivity index (χ1n) is 8.90. The zero-order valence-electron chi connectivity index (χ0n) is 16.4. The Balaban J connectivity index is 1.84. The summed E-state index contributed by atoms with van der Waals surface area (Å²) in [7, 11) is 3.27. The van der Waals surface area contributed by atoms with Crippen LogP contribution in [-0.4, -0.2) is 35.2 Å². The normalized spacial score (nSPS) is 10.5. The molecule has 0 saturated carbocycles. The second-order valence-corrected chi connectivity index (χ2v) is 6.31. The van der Waals surface area contributed by atoms with Gasteiger partial charge >= 0.3 is 0 Å².